The number of ether oxygens (including phenoxy) is 1. The van der Waals surface area contributed by atoms with Crippen molar-refractivity contribution in [3.05, 3.63) is 58.3 Å². The van der Waals surface area contributed by atoms with Crippen LogP contribution < -0.4 is 10.1 Å². The molecule has 7 heteroatoms. The Bertz CT molecular complexity index is 1000. The summed E-state index contributed by atoms with van der Waals surface area (Å²) < 4.78 is 5.61. The van der Waals surface area contributed by atoms with Crippen LogP contribution in [0, 0.1) is 0 Å². The first-order chi connectivity index (χ1) is 12.8. The Hall–Kier alpha value is -2.37. The van der Waals surface area contributed by atoms with Crippen molar-refractivity contribution in [2.45, 2.75) is 26.2 Å². The van der Waals surface area contributed by atoms with Crippen LogP contribution in [0.15, 0.2) is 42.7 Å². The second-order valence-corrected chi connectivity index (χ2v) is 7.94. The van der Waals surface area contributed by atoms with Crippen molar-refractivity contribution < 1.29 is 9.53 Å². The topological polar surface area (TPSA) is 64.1 Å². The van der Waals surface area contributed by atoms with E-state index in [2.05, 4.69) is 36.1 Å². The van der Waals surface area contributed by atoms with Crippen molar-refractivity contribution in [2.75, 3.05) is 11.9 Å². The van der Waals surface area contributed by atoms with Gasteiger partial charge in [0.25, 0.3) is 5.91 Å². The van der Waals surface area contributed by atoms with E-state index in [1.165, 1.54) is 6.33 Å². The second kappa shape index (κ2) is 7.71. The Balaban J connectivity index is 1.77. The maximum absolute atomic E-state index is 12.4. The fourth-order valence-electron chi connectivity index (χ4n) is 2.75. The fourth-order valence-corrected chi connectivity index (χ4v) is 3.29. The number of carbonyl (C=O) groups excluding carboxylic acids is 1. The molecular formula is C20H19Cl2N3O2. The van der Waals surface area contributed by atoms with Gasteiger partial charge in [-0.3, -0.25) is 4.79 Å². The van der Waals surface area contributed by atoms with E-state index in [4.69, 9.17) is 27.9 Å². The SMILES string of the molecule is CC(C)(C)c1ccccc1NC(=O)COc1ncnc2c(Cl)cc(Cl)cc12. The van der Waals surface area contributed by atoms with Gasteiger partial charge in [-0.05, 0) is 29.2 Å². The molecule has 0 spiro atoms. The lowest BCUT2D eigenvalue weighted by atomic mass is 9.86. The monoisotopic (exact) mass is 403 g/mol. The molecule has 0 radical (unpaired) electrons. The molecule has 2 aromatic carbocycles. The molecule has 0 atom stereocenters. The average Bonchev–Trinajstić information content (AvgIpc) is 2.59. The molecule has 1 heterocycles. The number of halogens is 2. The van der Waals surface area contributed by atoms with Gasteiger partial charge in [0.2, 0.25) is 5.88 Å². The van der Waals surface area contributed by atoms with Crippen LogP contribution in [0.5, 0.6) is 5.88 Å². The van der Waals surface area contributed by atoms with Gasteiger partial charge in [0.05, 0.1) is 15.9 Å². The predicted molar refractivity (Wildman–Crippen MR) is 109 cm³/mol. The van der Waals surface area contributed by atoms with E-state index in [1.807, 2.05) is 24.3 Å². The third kappa shape index (κ3) is 4.49. The van der Waals surface area contributed by atoms with Crippen molar-refractivity contribution in [3.8, 4) is 5.88 Å². The molecule has 1 aromatic heterocycles. The van der Waals surface area contributed by atoms with Crippen LogP contribution in [0.25, 0.3) is 10.9 Å². The second-order valence-electron chi connectivity index (χ2n) is 7.10. The number of fused-ring (bicyclic) bond motifs is 1. The number of hydrogen-bond donors (Lipinski definition) is 1. The summed E-state index contributed by atoms with van der Waals surface area (Å²) in [6.07, 6.45) is 1.34. The Labute approximate surface area is 167 Å². The minimum absolute atomic E-state index is 0.0961. The van der Waals surface area contributed by atoms with Crippen molar-refractivity contribution in [1.82, 2.24) is 9.97 Å². The molecular weight excluding hydrogens is 385 g/mol. The molecule has 27 heavy (non-hydrogen) atoms. The Morgan fingerprint density at radius 2 is 1.89 bits per heavy atom. The van der Waals surface area contributed by atoms with E-state index in [9.17, 15) is 4.79 Å². The highest BCUT2D eigenvalue weighted by atomic mass is 35.5. The largest absolute Gasteiger partial charge is 0.467 e. The third-order valence-electron chi connectivity index (χ3n) is 3.97. The van der Waals surface area contributed by atoms with E-state index >= 15 is 0 Å². The third-order valence-corrected chi connectivity index (χ3v) is 4.48. The minimum atomic E-state index is -0.286. The number of rotatable bonds is 4. The smallest absolute Gasteiger partial charge is 0.262 e. The number of carbonyl (C=O) groups is 1. The van der Waals surface area contributed by atoms with E-state index < -0.39 is 0 Å². The van der Waals surface area contributed by atoms with E-state index in [-0.39, 0.29) is 23.8 Å². The molecule has 0 bridgehead atoms. The zero-order chi connectivity index (χ0) is 19.6. The van der Waals surface area contributed by atoms with Crippen molar-refractivity contribution in [1.29, 1.82) is 0 Å². The van der Waals surface area contributed by atoms with E-state index in [0.29, 0.717) is 20.9 Å². The molecule has 0 aliphatic heterocycles. The van der Waals surface area contributed by atoms with Gasteiger partial charge in [-0.1, -0.05) is 62.2 Å². The lowest BCUT2D eigenvalue weighted by Gasteiger charge is -2.23. The van der Waals surface area contributed by atoms with Crippen molar-refractivity contribution >= 4 is 45.7 Å². The van der Waals surface area contributed by atoms with Crippen molar-refractivity contribution in [2.24, 2.45) is 0 Å². The standard InChI is InChI=1S/C20H19Cl2N3O2/c1-20(2,3)14-6-4-5-7-16(14)25-17(26)10-27-19-13-8-12(21)9-15(22)18(13)23-11-24-19/h4-9,11H,10H2,1-3H3,(H,25,26). The maximum Gasteiger partial charge on any atom is 0.262 e. The predicted octanol–water partition coefficient (Wildman–Crippen LogP) is 5.25. The highest BCUT2D eigenvalue weighted by Gasteiger charge is 2.19. The number of amides is 1. The van der Waals surface area contributed by atoms with Gasteiger partial charge in [0, 0.05) is 10.7 Å². The van der Waals surface area contributed by atoms with Crippen molar-refractivity contribution in [3.63, 3.8) is 0 Å². The van der Waals surface area contributed by atoms with Crippen LogP contribution in [-0.2, 0) is 10.2 Å². The van der Waals surface area contributed by atoms with Crippen LogP contribution in [0.1, 0.15) is 26.3 Å². The van der Waals surface area contributed by atoms with E-state index in [1.54, 1.807) is 12.1 Å². The molecule has 1 amide bonds. The van der Waals surface area contributed by atoms with Gasteiger partial charge in [-0.2, -0.15) is 0 Å². The van der Waals surface area contributed by atoms with Gasteiger partial charge >= 0.3 is 0 Å². The summed E-state index contributed by atoms with van der Waals surface area (Å²) in [5.74, 6) is -0.0322. The maximum atomic E-state index is 12.4. The minimum Gasteiger partial charge on any atom is -0.467 e. The zero-order valence-electron chi connectivity index (χ0n) is 15.2. The molecule has 3 rings (SSSR count). The highest BCUT2D eigenvalue weighted by molar-refractivity contribution is 6.38. The average molecular weight is 404 g/mol. The molecule has 0 saturated carbocycles. The summed E-state index contributed by atoms with van der Waals surface area (Å²) in [4.78, 5) is 20.6. The summed E-state index contributed by atoms with van der Waals surface area (Å²) in [6.45, 7) is 6.08. The lowest BCUT2D eigenvalue weighted by Crippen LogP contribution is -2.23. The van der Waals surface area contributed by atoms with E-state index in [0.717, 1.165) is 11.3 Å². The number of anilines is 1. The Morgan fingerprint density at radius 3 is 2.63 bits per heavy atom. The molecule has 0 aliphatic carbocycles. The number of hydrogen-bond acceptors (Lipinski definition) is 4. The number of para-hydroxylation sites is 1. The number of nitrogens with one attached hydrogen (secondary N) is 1. The molecule has 5 nitrogen and oxygen atoms in total. The summed E-state index contributed by atoms with van der Waals surface area (Å²) in [5.41, 5.74) is 2.23. The van der Waals surface area contributed by atoms with Gasteiger partial charge < -0.3 is 10.1 Å². The molecule has 0 saturated heterocycles. The first kappa shape index (κ1) is 19.4. The first-order valence-corrected chi connectivity index (χ1v) is 9.13. The Morgan fingerprint density at radius 1 is 1.15 bits per heavy atom. The van der Waals surface area contributed by atoms with Crippen LogP contribution in [0.4, 0.5) is 5.69 Å². The molecule has 0 fully saturated rings. The lowest BCUT2D eigenvalue weighted by molar-refractivity contribution is -0.118. The zero-order valence-corrected chi connectivity index (χ0v) is 16.7. The molecule has 1 N–H and O–H groups in total. The molecule has 140 valence electrons. The van der Waals surface area contributed by atoms with Crippen LogP contribution >= 0.6 is 23.2 Å². The fraction of sp³-hybridized carbons (Fsp3) is 0.250. The van der Waals surface area contributed by atoms with Gasteiger partial charge in [-0.15, -0.1) is 0 Å². The highest BCUT2D eigenvalue weighted by Crippen LogP contribution is 2.31. The van der Waals surface area contributed by atoms with Crippen LogP contribution in [-0.4, -0.2) is 22.5 Å². The summed E-state index contributed by atoms with van der Waals surface area (Å²) in [5, 5.41) is 4.29. The summed E-state index contributed by atoms with van der Waals surface area (Å²) in [7, 11) is 0. The number of benzene rings is 2. The quantitative estimate of drug-likeness (QED) is 0.645. The van der Waals surface area contributed by atoms with Gasteiger partial charge in [0.1, 0.15) is 6.33 Å². The summed E-state index contributed by atoms with van der Waals surface area (Å²) in [6, 6.07) is 11.0. The van der Waals surface area contributed by atoms with Gasteiger partial charge in [0.15, 0.2) is 6.61 Å². The summed E-state index contributed by atoms with van der Waals surface area (Å²) >= 11 is 12.2. The number of nitrogens with zero attached hydrogens (tertiary/aromatic N) is 2. The van der Waals surface area contributed by atoms with Crippen LogP contribution in [0.2, 0.25) is 10.0 Å². The van der Waals surface area contributed by atoms with Crippen LogP contribution in [0.3, 0.4) is 0 Å². The number of aromatic nitrogens is 2. The first-order valence-electron chi connectivity index (χ1n) is 8.37. The molecule has 0 unspecified atom stereocenters. The molecule has 3 aromatic rings. The molecule has 0 aliphatic rings. The normalized spacial score (nSPS) is 11.4. The Kier molecular flexibility index (Phi) is 5.53. The van der Waals surface area contributed by atoms with Gasteiger partial charge in [-0.25, -0.2) is 9.97 Å².